The van der Waals surface area contributed by atoms with Crippen LogP contribution in [0.4, 0.5) is 4.39 Å². The zero-order chi connectivity index (χ0) is 15.7. The lowest BCUT2D eigenvalue weighted by molar-refractivity contribution is 0.0758. The highest BCUT2D eigenvalue weighted by molar-refractivity contribution is 7.19. The van der Waals surface area contributed by atoms with E-state index in [0.717, 1.165) is 5.56 Å². The van der Waals surface area contributed by atoms with E-state index in [1.807, 2.05) is 13.8 Å². The molecule has 1 amide bonds. The van der Waals surface area contributed by atoms with Crippen LogP contribution in [0.1, 0.15) is 24.5 Å². The van der Waals surface area contributed by atoms with Gasteiger partial charge in [-0.25, -0.2) is 4.39 Å². The Hall–Kier alpha value is -2.35. The molecule has 0 bridgehead atoms. The minimum absolute atomic E-state index is 0.198. The second kappa shape index (κ2) is 5.80. The predicted octanol–water partition coefficient (Wildman–Crippen LogP) is 2.47. The van der Waals surface area contributed by atoms with Gasteiger partial charge in [0.25, 0.3) is 5.91 Å². The smallest absolute Gasteiger partial charge is 0.293 e. The molecule has 1 aromatic carbocycles. The van der Waals surface area contributed by atoms with Crippen molar-refractivity contribution >= 4 is 22.2 Å². The van der Waals surface area contributed by atoms with Crippen LogP contribution < -0.4 is 0 Å². The maximum Gasteiger partial charge on any atom is 0.293 e. The molecule has 0 unspecified atom stereocenters. The van der Waals surface area contributed by atoms with Gasteiger partial charge in [0.1, 0.15) is 10.8 Å². The van der Waals surface area contributed by atoms with Crippen LogP contribution >= 0.6 is 11.3 Å². The molecule has 2 aromatic heterocycles. The first-order chi connectivity index (χ1) is 10.6. The van der Waals surface area contributed by atoms with E-state index in [1.54, 1.807) is 17.0 Å². The number of aromatic nitrogens is 4. The first-order valence-corrected chi connectivity index (χ1v) is 7.73. The summed E-state index contributed by atoms with van der Waals surface area (Å²) < 4.78 is 14.4. The van der Waals surface area contributed by atoms with Crippen molar-refractivity contribution in [3.05, 3.63) is 35.9 Å². The number of fused-ring (bicyclic) bond motifs is 1. The molecule has 22 heavy (non-hydrogen) atoms. The molecule has 0 atom stereocenters. The Bertz CT molecular complexity index is 806. The molecule has 2 heterocycles. The molecule has 114 valence electrons. The molecule has 0 saturated carbocycles. The summed E-state index contributed by atoms with van der Waals surface area (Å²) in [6, 6.07) is 6.04. The summed E-state index contributed by atoms with van der Waals surface area (Å²) in [6.07, 6.45) is 0. The number of hydrogen-bond donors (Lipinski definition) is 0. The quantitative estimate of drug-likeness (QED) is 0.741. The van der Waals surface area contributed by atoms with Crippen LogP contribution in [0.25, 0.3) is 15.5 Å². The van der Waals surface area contributed by atoms with Gasteiger partial charge >= 0.3 is 0 Å². The van der Waals surface area contributed by atoms with Gasteiger partial charge in [-0.2, -0.15) is 9.61 Å². The monoisotopic (exact) mass is 319 g/mol. The average Bonchev–Trinajstić information content (AvgIpc) is 3.09. The molecule has 0 fully saturated rings. The van der Waals surface area contributed by atoms with E-state index < -0.39 is 0 Å². The molecule has 0 spiro atoms. The maximum atomic E-state index is 13.0. The van der Waals surface area contributed by atoms with E-state index in [2.05, 4.69) is 15.3 Å². The fourth-order valence-electron chi connectivity index (χ4n) is 2.11. The molecule has 3 aromatic rings. The number of halogens is 1. The minimum Gasteiger partial charge on any atom is -0.336 e. The van der Waals surface area contributed by atoms with Gasteiger partial charge in [0.05, 0.1) is 0 Å². The molecule has 0 aliphatic carbocycles. The van der Waals surface area contributed by atoms with Crippen molar-refractivity contribution in [2.75, 3.05) is 13.1 Å². The Balaban J connectivity index is 2.01. The van der Waals surface area contributed by atoms with Gasteiger partial charge in [0.15, 0.2) is 0 Å². The Labute approximate surface area is 130 Å². The van der Waals surface area contributed by atoms with Gasteiger partial charge in [-0.15, -0.1) is 10.2 Å². The fourth-order valence-corrected chi connectivity index (χ4v) is 2.96. The summed E-state index contributed by atoms with van der Waals surface area (Å²) in [6.45, 7) is 5.01. The van der Waals surface area contributed by atoms with Crippen molar-refractivity contribution in [3.8, 4) is 10.6 Å². The fraction of sp³-hybridized carbons (Fsp3) is 0.286. The van der Waals surface area contributed by atoms with E-state index in [1.165, 1.54) is 28.0 Å². The summed E-state index contributed by atoms with van der Waals surface area (Å²) in [5.74, 6) is -0.305. The molecule has 0 aliphatic rings. The van der Waals surface area contributed by atoms with Crippen molar-refractivity contribution in [2.24, 2.45) is 0 Å². The molecule has 8 heteroatoms. The molecule has 0 saturated heterocycles. The largest absolute Gasteiger partial charge is 0.336 e. The molecule has 0 aliphatic heterocycles. The van der Waals surface area contributed by atoms with E-state index in [9.17, 15) is 9.18 Å². The van der Waals surface area contributed by atoms with E-state index in [0.29, 0.717) is 23.1 Å². The zero-order valence-corrected chi connectivity index (χ0v) is 13.0. The zero-order valence-electron chi connectivity index (χ0n) is 12.2. The van der Waals surface area contributed by atoms with Crippen LogP contribution in [0.3, 0.4) is 0 Å². The topological polar surface area (TPSA) is 63.4 Å². The number of hydrogen-bond acceptors (Lipinski definition) is 5. The Morgan fingerprint density at radius 1 is 1.23 bits per heavy atom. The number of amides is 1. The van der Waals surface area contributed by atoms with Gasteiger partial charge in [-0.05, 0) is 38.1 Å². The van der Waals surface area contributed by atoms with Gasteiger partial charge < -0.3 is 4.90 Å². The van der Waals surface area contributed by atoms with Crippen molar-refractivity contribution in [1.29, 1.82) is 0 Å². The first kappa shape index (κ1) is 14.6. The molecule has 6 nitrogen and oxygen atoms in total. The summed E-state index contributed by atoms with van der Waals surface area (Å²) in [5.41, 5.74) is 0.776. The number of carbonyl (C=O) groups is 1. The minimum atomic E-state index is -0.302. The molecule has 3 rings (SSSR count). The van der Waals surface area contributed by atoms with Crippen LogP contribution in [0.2, 0.25) is 0 Å². The van der Waals surface area contributed by atoms with Gasteiger partial charge in [-0.3, -0.25) is 4.79 Å². The highest BCUT2D eigenvalue weighted by atomic mass is 32.1. The molecular formula is C14H14FN5OS. The van der Waals surface area contributed by atoms with Crippen LogP contribution in [-0.2, 0) is 0 Å². The third-order valence-electron chi connectivity index (χ3n) is 3.32. The highest BCUT2D eigenvalue weighted by Crippen LogP contribution is 2.25. The maximum absolute atomic E-state index is 13.0. The molecule has 0 N–H and O–H groups in total. The van der Waals surface area contributed by atoms with Crippen molar-refractivity contribution in [2.45, 2.75) is 13.8 Å². The van der Waals surface area contributed by atoms with Gasteiger partial charge in [0, 0.05) is 18.7 Å². The third-order valence-corrected chi connectivity index (χ3v) is 4.27. The summed E-state index contributed by atoms with van der Waals surface area (Å²) in [4.78, 5) is 14.6. The van der Waals surface area contributed by atoms with Crippen molar-refractivity contribution in [1.82, 2.24) is 24.7 Å². The summed E-state index contributed by atoms with van der Waals surface area (Å²) >= 11 is 1.31. The second-order valence-corrected chi connectivity index (χ2v) is 5.57. The van der Waals surface area contributed by atoms with Crippen molar-refractivity contribution < 1.29 is 9.18 Å². The van der Waals surface area contributed by atoms with E-state index in [4.69, 9.17) is 0 Å². The second-order valence-electron chi connectivity index (χ2n) is 4.61. The molecule has 0 radical (unpaired) electrons. The number of benzene rings is 1. The van der Waals surface area contributed by atoms with Gasteiger partial charge in [0.2, 0.25) is 10.8 Å². The summed E-state index contributed by atoms with van der Waals surface area (Å²) in [7, 11) is 0. The van der Waals surface area contributed by atoms with Crippen LogP contribution in [0, 0.1) is 5.82 Å². The predicted molar refractivity (Wildman–Crippen MR) is 81.3 cm³/mol. The molecular weight excluding hydrogens is 305 g/mol. The first-order valence-electron chi connectivity index (χ1n) is 6.91. The SMILES string of the molecule is CCN(CC)C(=O)c1nnc2sc(-c3ccc(F)cc3)nn12. The highest BCUT2D eigenvalue weighted by Gasteiger charge is 2.22. The van der Waals surface area contributed by atoms with Gasteiger partial charge in [-0.1, -0.05) is 11.3 Å². The number of carbonyl (C=O) groups excluding carboxylic acids is 1. The standard InChI is InChI=1S/C14H14FN5OS/c1-3-19(4-2)13(21)11-16-17-14-20(11)18-12(22-14)9-5-7-10(15)8-6-9/h5-8H,3-4H2,1-2H3. The Morgan fingerprint density at radius 3 is 2.55 bits per heavy atom. The average molecular weight is 319 g/mol. The Kier molecular flexibility index (Phi) is 3.84. The van der Waals surface area contributed by atoms with Crippen LogP contribution in [0.15, 0.2) is 24.3 Å². The number of rotatable bonds is 4. The lowest BCUT2D eigenvalue weighted by atomic mass is 10.2. The summed E-state index contributed by atoms with van der Waals surface area (Å²) in [5, 5.41) is 13.0. The Morgan fingerprint density at radius 2 is 1.91 bits per heavy atom. The van der Waals surface area contributed by atoms with Crippen LogP contribution in [-0.4, -0.2) is 43.7 Å². The van der Waals surface area contributed by atoms with E-state index >= 15 is 0 Å². The number of nitrogens with zero attached hydrogens (tertiary/aromatic N) is 5. The lowest BCUT2D eigenvalue weighted by Gasteiger charge is -2.16. The van der Waals surface area contributed by atoms with E-state index in [-0.39, 0.29) is 17.5 Å². The van der Waals surface area contributed by atoms with Crippen LogP contribution in [0.5, 0.6) is 0 Å². The third kappa shape index (κ3) is 2.45. The van der Waals surface area contributed by atoms with Crippen molar-refractivity contribution in [3.63, 3.8) is 0 Å². The normalized spacial score (nSPS) is 11.0. The lowest BCUT2D eigenvalue weighted by Crippen LogP contribution is -2.32.